The Kier molecular flexibility index (Phi) is 6.39. The molecule has 0 atom stereocenters. The molecular formula is C50H47BN2O2. The number of fused-ring (bicyclic) bond motifs is 8. The van der Waals surface area contributed by atoms with Gasteiger partial charge in [0.25, 0.3) is 6.71 Å². The second kappa shape index (κ2) is 10.7. The summed E-state index contributed by atoms with van der Waals surface area (Å²) in [5.74, 6) is 3.66. The van der Waals surface area contributed by atoms with Crippen molar-refractivity contribution in [1.82, 2.24) is 0 Å². The highest BCUT2D eigenvalue weighted by atomic mass is 16.5. The lowest BCUT2D eigenvalue weighted by molar-refractivity contribution is 0.402. The summed E-state index contributed by atoms with van der Waals surface area (Å²) in [6.45, 7) is 19.2. The van der Waals surface area contributed by atoms with Crippen LogP contribution in [0.25, 0.3) is 0 Å². The molecule has 11 rings (SSSR count). The van der Waals surface area contributed by atoms with Gasteiger partial charge in [-0.25, -0.2) is 0 Å². The van der Waals surface area contributed by atoms with Gasteiger partial charge in [-0.15, -0.1) is 0 Å². The van der Waals surface area contributed by atoms with Gasteiger partial charge in [-0.2, -0.15) is 0 Å². The number of hydrogen-bond donors (Lipinski definition) is 0. The molecule has 0 amide bonds. The summed E-state index contributed by atoms with van der Waals surface area (Å²) in [5.41, 5.74) is 16.2. The predicted octanol–water partition coefficient (Wildman–Crippen LogP) is 11.6. The summed E-state index contributed by atoms with van der Waals surface area (Å²) >= 11 is 0. The molecule has 0 N–H and O–H groups in total. The van der Waals surface area contributed by atoms with E-state index in [-0.39, 0.29) is 28.4 Å². The molecule has 55 heavy (non-hydrogen) atoms. The molecule has 0 saturated heterocycles. The van der Waals surface area contributed by atoms with Gasteiger partial charge in [-0.3, -0.25) is 0 Å². The average Bonchev–Trinajstić information content (AvgIpc) is 3.45. The minimum absolute atomic E-state index is 0.00400. The van der Waals surface area contributed by atoms with Crippen LogP contribution in [0.2, 0.25) is 0 Å². The smallest absolute Gasteiger partial charge is 0.260 e. The van der Waals surface area contributed by atoms with Crippen molar-refractivity contribution in [3.8, 4) is 23.0 Å². The largest absolute Gasteiger partial charge is 0.458 e. The second-order valence-electron chi connectivity index (χ2n) is 19.2. The Labute approximate surface area is 325 Å². The van der Waals surface area contributed by atoms with Crippen LogP contribution in [0.1, 0.15) is 90.5 Å². The van der Waals surface area contributed by atoms with E-state index in [4.69, 9.17) is 9.47 Å². The van der Waals surface area contributed by atoms with E-state index in [0.717, 1.165) is 75.4 Å². The maximum atomic E-state index is 7.17. The first kappa shape index (κ1) is 33.0. The Hall–Kier alpha value is -5.42. The maximum absolute atomic E-state index is 7.17. The van der Waals surface area contributed by atoms with Gasteiger partial charge in [0, 0.05) is 23.3 Å². The topological polar surface area (TPSA) is 24.9 Å². The van der Waals surface area contributed by atoms with Gasteiger partial charge in [0.1, 0.15) is 23.0 Å². The average molecular weight is 719 g/mol. The fourth-order valence-electron chi connectivity index (χ4n) is 11.6. The van der Waals surface area contributed by atoms with Crippen molar-refractivity contribution in [2.45, 2.75) is 89.9 Å². The molecule has 3 heterocycles. The number of nitrogens with zero attached hydrogens (tertiary/aromatic N) is 2. The van der Waals surface area contributed by atoms with Crippen LogP contribution in [0, 0.1) is 0 Å². The Morgan fingerprint density at radius 1 is 0.418 bits per heavy atom. The molecule has 0 aromatic heterocycles. The summed E-state index contributed by atoms with van der Waals surface area (Å²) in [6, 6.07) is 42.3. The van der Waals surface area contributed by atoms with E-state index in [1.54, 1.807) is 0 Å². The van der Waals surface area contributed by atoms with Crippen molar-refractivity contribution in [3.63, 3.8) is 0 Å². The van der Waals surface area contributed by atoms with Crippen LogP contribution in [0.3, 0.4) is 0 Å². The fourth-order valence-corrected chi connectivity index (χ4v) is 11.6. The van der Waals surface area contributed by atoms with Gasteiger partial charge in [-0.05, 0) is 116 Å². The predicted molar refractivity (Wildman–Crippen MR) is 228 cm³/mol. The van der Waals surface area contributed by atoms with Crippen molar-refractivity contribution in [1.29, 1.82) is 0 Å². The van der Waals surface area contributed by atoms with Crippen LogP contribution < -0.4 is 35.7 Å². The first-order valence-electron chi connectivity index (χ1n) is 20.0. The van der Waals surface area contributed by atoms with Crippen molar-refractivity contribution in [2.75, 3.05) is 9.80 Å². The highest BCUT2D eigenvalue weighted by Gasteiger charge is 2.49. The van der Waals surface area contributed by atoms with Gasteiger partial charge >= 0.3 is 0 Å². The lowest BCUT2D eigenvalue weighted by Crippen LogP contribution is -2.58. The maximum Gasteiger partial charge on any atom is 0.260 e. The third-order valence-electron chi connectivity index (χ3n) is 13.4. The number of para-hydroxylation sites is 5. The van der Waals surface area contributed by atoms with E-state index in [1.165, 1.54) is 33.2 Å². The lowest BCUT2D eigenvalue weighted by atomic mass is 9.34. The molecule has 5 heteroatoms. The molecular weight excluding hydrogens is 671 g/mol. The first-order valence-corrected chi connectivity index (χ1v) is 20.0. The highest BCUT2D eigenvalue weighted by Crippen LogP contribution is 2.57. The number of rotatable bonds is 2. The summed E-state index contributed by atoms with van der Waals surface area (Å²) in [7, 11) is 0. The Bertz CT molecular complexity index is 2480. The van der Waals surface area contributed by atoms with E-state index in [2.05, 4.69) is 180 Å². The highest BCUT2D eigenvalue weighted by molar-refractivity contribution is 6.98. The van der Waals surface area contributed by atoms with Crippen LogP contribution >= 0.6 is 0 Å². The summed E-state index contributed by atoms with van der Waals surface area (Å²) in [5, 5.41) is 0. The van der Waals surface area contributed by atoms with E-state index >= 15 is 0 Å². The summed E-state index contributed by atoms with van der Waals surface area (Å²) < 4.78 is 14.3. The van der Waals surface area contributed by atoms with Crippen molar-refractivity contribution in [2.24, 2.45) is 0 Å². The molecule has 0 radical (unpaired) electrons. The molecule has 6 aromatic carbocycles. The number of benzene rings is 6. The number of ether oxygens (including phenoxy) is 2. The zero-order valence-corrected chi connectivity index (χ0v) is 33.2. The zero-order valence-electron chi connectivity index (χ0n) is 33.2. The standard InChI is InChI=1S/C50H47BN2O2/c1-47(2)28-49(5,6)34-26-42-36(24-32(34)47)51-37-25-33-35(50(7,8)29-48(33,3)4)27-43(37)55-45-23-31(22-44(54-42)46(45)51)53-40-20-14-12-18-38(40)52(30-16-10-9-11-17-30)39-19-13-15-21-41(39)53/h9-27H,28-29H2,1-8H3. The third-order valence-corrected chi connectivity index (χ3v) is 13.4. The quantitative estimate of drug-likeness (QED) is 0.166. The number of anilines is 6. The monoisotopic (exact) mass is 718 g/mol. The van der Waals surface area contributed by atoms with Crippen molar-refractivity contribution in [3.05, 3.63) is 138 Å². The van der Waals surface area contributed by atoms with Crippen LogP contribution in [0.5, 0.6) is 23.0 Å². The van der Waals surface area contributed by atoms with Gasteiger partial charge in [0.2, 0.25) is 0 Å². The molecule has 0 unspecified atom stereocenters. The lowest BCUT2D eigenvalue weighted by Gasteiger charge is -2.41. The molecule has 0 spiro atoms. The van der Waals surface area contributed by atoms with Gasteiger partial charge < -0.3 is 19.3 Å². The van der Waals surface area contributed by atoms with Crippen LogP contribution in [0.15, 0.2) is 115 Å². The Morgan fingerprint density at radius 2 is 0.782 bits per heavy atom. The first-order chi connectivity index (χ1) is 26.2. The molecule has 0 fully saturated rings. The SMILES string of the molecule is CC1(C)CC(C)(C)c2cc3c(cc21)Oc1cc(N2c4ccccc4N(c4ccccc4)c4ccccc42)cc2c1B3c1cc3c(cc1O2)C(C)(C)CC3(C)C. The normalized spacial score (nSPS) is 19.2. The van der Waals surface area contributed by atoms with Gasteiger partial charge in [0.05, 0.1) is 28.4 Å². The Balaban J connectivity index is 1.16. The molecule has 6 aromatic rings. The molecule has 5 aliphatic rings. The molecule has 0 saturated carbocycles. The van der Waals surface area contributed by atoms with E-state index in [1.807, 2.05) is 0 Å². The zero-order chi connectivity index (χ0) is 37.8. The molecule has 3 aliphatic heterocycles. The molecule has 0 bridgehead atoms. The number of hydrogen-bond acceptors (Lipinski definition) is 4. The minimum Gasteiger partial charge on any atom is -0.458 e. The molecule has 2 aliphatic carbocycles. The van der Waals surface area contributed by atoms with E-state index in [0.29, 0.717) is 0 Å². The van der Waals surface area contributed by atoms with E-state index < -0.39 is 0 Å². The minimum atomic E-state index is -0.00400. The van der Waals surface area contributed by atoms with Crippen molar-refractivity contribution < 1.29 is 9.47 Å². The molecule has 4 nitrogen and oxygen atoms in total. The fraction of sp³-hybridized carbons (Fsp3) is 0.280. The second-order valence-corrected chi connectivity index (χ2v) is 19.2. The van der Waals surface area contributed by atoms with Gasteiger partial charge in [0.15, 0.2) is 0 Å². The van der Waals surface area contributed by atoms with Crippen molar-refractivity contribution >= 4 is 57.2 Å². The third kappa shape index (κ3) is 4.53. The van der Waals surface area contributed by atoms with Gasteiger partial charge in [-0.1, -0.05) is 110 Å². The molecule has 272 valence electrons. The van der Waals surface area contributed by atoms with E-state index in [9.17, 15) is 0 Å². The summed E-state index contributed by atoms with van der Waals surface area (Å²) in [6.07, 6.45) is 2.21. The summed E-state index contributed by atoms with van der Waals surface area (Å²) in [4.78, 5) is 4.75. The van der Waals surface area contributed by atoms with Crippen LogP contribution in [-0.2, 0) is 21.7 Å². The Morgan fingerprint density at radius 3 is 1.20 bits per heavy atom. The van der Waals surface area contributed by atoms with Crippen LogP contribution in [-0.4, -0.2) is 6.71 Å². The van der Waals surface area contributed by atoms with Crippen LogP contribution in [0.4, 0.5) is 34.1 Å².